The highest BCUT2D eigenvalue weighted by Crippen LogP contribution is 2.23. The molecule has 0 aromatic heterocycles. The number of carbonyl (C=O) groups excluding carboxylic acids is 2. The fraction of sp³-hybridized carbons (Fsp3) is 0.556. The lowest BCUT2D eigenvalue weighted by Gasteiger charge is -2.33. The van der Waals surface area contributed by atoms with Crippen LogP contribution in [0.15, 0.2) is 24.3 Å². The van der Waals surface area contributed by atoms with E-state index in [-0.39, 0.29) is 24.1 Å². The summed E-state index contributed by atoms with van der Waals surface area (Å²) in [7, 11) is 0. The fourth-order valence-electron chi connectivity index (χ4n) is 3.27. The van der Waals surface area contributed by atoms with E-state index >= 15 is 0 Å². The normalized spacial score (nSPS) is 16.5. The summed E-state index contributed by atoms with van der Waals surface area (Å²) >= 11 is 0. The number of piperidine rings is 1. The van der Waals surface area contributed by atoms with Crippen molar-refractivity contribution in [2.24, 2.45) is 11.7 Å². The summed E-state index contributed by atoms with van der Waals surface area (Å²) in [6, 6.07) is 5.63. The maximum absolute atomic E-state index is 13.7. The largest absolute Gasteiger partial charge is 0.341 e. The Hall–Kier alpha value is -1.99. The molecule has 4 N–H and O–H groups in total. The molecule has 6 nitrogen and oxygen atoms in total. The van der Waals surface area contributed by atoms with Gasteiger partial charge in [0.05, 0.1) is 6.04 Å². The second kappa shape index (κ2) is 9.48. The van der Waals surface area contributed by atoms with E-state index in [4.69, 9.17) is 10.9 Å². The van der Waals surface area contributed by atoms with Crippen LogP contribution in [0.5, 0.6) is 0 Å². The minimum atomic E-state index is -0.735. The van der Waals surface area contributed by atoms with Gasteiger partial charge in [-0.3, -0.25) is 14.8 Å². The third-order valence-corrected chi connectivity index (χ3v) is 4.78. The van der Waals surface area contributed by atoms with Crippen LogP contribution in [0.1, 0.15) is 37.7 Å². The van der Waals surface area contributed by atoms with Gasteiger partial charge in [0.15, 0.2) is 0 Å². The van der Waals surface area contributed by atoms with Gasteiger partial charge in [-0.1, -0.05) is 18.2 Å². The minimum Gasteiger partial charge on any atom is -0.341 e. The summed E-state index contributed by atoms with van der Waals surface area (Å²) in [6.07, 6.45) is 3.87. The lowest BCUT2D eigenvalue weighted by Crippen LogP contribution is -2.48. The Bertz CT molecular complexity index is 589. The summed E-state index contributed by atoms with van der Waals surface area (Å²) in [5.41, 5.74) is 8.07. The van der Waals surface area contributed by atoms with E-state index in [1.165, 1.54) is 6.07 Å². The second-order valence-electron chi connectivity index (χ2n) is 6.60. The first-order chi connectivity index (χ1) is 12.0. The Kier molecular flexibility index (Phi) is 7.33. The van der Waals surface area contributed by atoms with Crippen molar-refractivity contribution in [1.82, 2.24) is 10.4 Å². The van der Waals surface area contributed by atoms with Crippen LogP contribution < -0.4 is 11.2 Å². The first kappa shape index (κ1) is 19.3. The predicted molar refractivity (Wildman–Crippen MR) is 91.2 cm³/mol. The van der Waals surface area contributed by atoms with Crippen LogP contribution in [0.4, 0.5) is 4.39 Å². The number of rotatable bonds is 7. The van der Waals surface area contributed by atoms with Crippen molar-refractivity contribution in [3.63, 3.8) is 0 Å². The Morgan fingerprint density at radius 2 is 2.00 bits per heavy atom. The quantitative estimate of drug-likeness (QED) is 0.514. The van der Waals surface area contributed by atoms with E-state index < -0.39 is 6.04 Å². The molecule has 0 unspecified atom stereocenters. The number of hydrogen-bond donors (Lipinski definition) is 3. The number of nitrogens with one attached hydrogen (secondary N) is 1. The number of benzene rings is 1. The molecule has 1 aromatic rings. The van der Waals surface area contributed by atoms with Crippen molar-refractivity contribution in [2.45, 2.75) is 44.6 Å². The number of carbonyl (C=O) groups is 2. The molecule has 0 bridgehead atoms. The molecule has 0 aliphatic carbocycles. The van der Waals surface area contributed by atoms with E-state index in [0.717, 1.165) is 25.7 Å². The summed E-state index contributed by atoms with van der Waals surface area (Å²) < 4.78 is 13.7. The van der Waals surface area contributed by atoms with Crippen LogP contribution in [0, 0.1) is 11.7 Å². The van der Waals surface area contributed by atoms with Crippen molar-refractivity contribution < 1.29 is 19.2 Å². The Morgan fingerprint density at radius 3 is 2.64 bits per heavy atom. The summed E-state index contributed by atoms with van der Waals surface area (Å²) in [6.45, 7) is 1.28. The van der Waals surface area contributed by atoms with Crippen molar-refractivity contribution in [3.05, 3.63) is 35.6 Å². The first-order valence-corrected chi connectivity index (χ1v) is 8.72. The number of hydroxylamine groups is 1. The van der Waals surface area contributed by atoms with Gasteiger partial charge >= 0.3 is 0 Å². The Morgan fingerprint density at radius 1 is 1.32 bits per heavy atom. The zero-order chi connectivity index (χ0) is 18.2. The summed E-state index contributed by atoms with van der Waals surface area (Å²) in [5, 5.41) is 8.46. The van der Waals surface area contributed by atoms with Gasteiger partial charge in [0.1, 0.15) is 5.82 Å². The number of amides is 2. The van der Waals surface area contributed by atoms with Crippen LogP contribution in [0.3, 0.4) is 0 Å². The molecule has 7 heteroatoms. The van der Waals surface area contributed by atoms with Crippen LogP contribution in [-0.4, -0.2) is 41.1 Å². The molecule has 1 atom stereocenters. The van der Waals surface area contributed by atoms with Gasteiger partial charge in [0.25, 0.3) is 0 Å². The van der Waals surface area contributed by atoms with Crippen LogP contribution >= 0.6 is 0 Å². The average Bonchev–Trinajstić information content (AvgIpc) is 2.63. The second-order valence-corrected chi connectivity index (χ2v) is 6.60. The van der Waals surface area contributed by atoms with E-state index in [0.29, 0.717) is 31.0 Å². The van der Waals surface area contributed by atoms with Gasteiger partial charge in [-0.15, -0.1) is 0 Å². The first-order valence-electron chi connectivity index (χ1n) is 8.72. The van der Waals surface area contributed by atoms with Gasteiger partial charge in [-0.2, -0.15) is 0 Å². The smallest absolute Gasteiger partial charge is 0.243 e. The lowest BCUT2D eigenvalue weighted by molar-refractivity contribution is -0.134. The fourth-order valence-corrected chi connectivity index (χ4v) is 3.27. The molecule has 1 saturated heterocycles. The Balaban J connectivity index is 1.75. The molecule has 2 amide bonds. The minimum absolute atomic E-state index is 0.138. The van der Waals surface area contributed by atoms with Gasteiger partial charge in [-0.25, -0.2) is 9.87 Å². The van der Waals surface area contributed by atoms with Crippen molar-refractivity contribution >= 4 is 11.8 Å². The van der Waals surface area contributed by atoms with Crippen LogP contribution in [0.25, 0.3) is 0 Å². The maximum atomic E-state index is 13.7. The monoisotopic (exact) mass is 351 g/mol. The van der Waals surface area contributed by atoms with Crippen LogP contribution in [-0.2, 0) is 16.0 Å². The number of halogens is 1. The molecule has 1 fully saturated rings. The average molecular weight is 351 g/mol. The molecule has 0 radical (unpaired) electrons. The third kappa shape index (κ3) is 5.79. The number of nitrogens with two attached hydrogens (primary N) is 1. The SMILES string of the molecule is N[C@H](Cc1ccccc1F)C(=O)N1CCC(CCCC(=O)NO)CC1. The van der Waals surface area contributed by atoms with E-state index in [1.54, 1.807) is 28.6 Å². The molecule has 1 aliphatic heterocycles. The molecule has 0 spiro atoms. The standard InChI is InChI=1S/C18H26FN3O3/c19-15-6-2-1-5-14(15)12-16(20)18(24)22-10-8-13(9-11-22)4-3-7-17(23)21-25/h1-2,5-6,13,16,25H,3-4,7-12,20H2,(H,21,23)/t16-/m1/s1. The number of likely N-dealkylation sites (tertiary alicyclic amines) is 1. The van der Waals surface area contributed by atoms with Crippen molar-refractivity contribution in [3.8, 4) is 0 Å². The van der Waals surface area contributed by atoms with E-state index in [2.05, 4.69) is 0 Å². The van der Waals surface area contributed by atoms with Gasteiger partial charge < -0.3 is 10.6 Å². The topological polar surface area (TPSA) is 95.7 Å². The number of nitrogens with zero attached hydrogens (tertiary/aromatic N) is 1. The molecule has 25 heavy (non-hydrogen) atoms. The van der Waals surface area contributed by atoms with E-state index in [1.807, 2.05) is 0 Å². The zero-order valence-electron chi connectivity index (χ0n) is 14.3. The summed E-state index contributed by atoms with van der Waals surface area (Å²) in [5.74, 6) is -0.372. The summed E-state index contributed by atoms with van der Waals surface area (Å²) in [4.78, 5) is 25.2. The molecular weight excluding hydrogens is 325 g/mol. The molecule has 138 valence electrons. The molecule has 2 rings (SSSR count). The molecule has 0 saturated carbocycles. The molecule has 1 aliphatic rings. The van der Waals surface area contributed by atoms with Gasteiger partial charge in [0, 0.05) is 19.5 Å². The lowest BCUT2D eigenvalue weighted by atomic mass is 9.91. The molecule has 1 heterocycles. The highest BCUT2D eigenvalue weighted by Gasteiger charge is 2.26. The number of hydrogen-bond acceptors (Lipinski definition) is 4. The van der Waals surface area contributed by atoms with Crippen molar-refractivity contribution in [1.29, 1.82) is 0 Å². The molecule has 1 aromatic carbocycles. The predicted octanol–water partition coefficient (Wildman–Crippen LogP) is 1.61. The maximum Gasteiger partial charge on any atom is 0.243 e. The Labute approximate surface area is 147 Å². The van der Waals surface area contributed by atoms with Gasteiger partial charge in [0.2, 0.25) is 11.8 Å². The van der Waals surface area contributed by atoms with E-state index in [9.17, 15) is 14.0 Å². The third-order valence-electron chi connectivity index (χ3n) is 4.78. The highest BCUT2D eigenvalue weighted by atomic mass is 19.1. The van der Waals surface area contributed by atoms with Crippen LogP contribution in [0.2, 0.25) is 0 Å². The molecular formula is C18H26FN3O3. The highest BCUT2D eigenvalue weighted by molar-refractivity contribution is 5.82. The van der Waals surface area contributed by atoms with Crippen molar-refractivity contribution in [2.75, 3.05) is 13.1 Å². The zero-order valence-corrected chi connectivity index (χ0v) is 14.3. The van der Waals surface area contributed by atoms with Gasteiger partial charge in [-0.05, 0) is 49.7 Å².